The van der Waals surface area contributed by atoms with Crippen molar-refractivity contribution in [3.05, 3.63) is 17.0 Å². The lowest BCUT2D eigenvalue weighted by Crippen LogP contribution is -2.27. The van der Waals surface area contributed by atoms with Crippen molar-refractivity contribution in [3.8, 4) is 0 Å². The number of aldehydes is 1. The Morgan fingerprint density at radius 2 is 2.28 bits per heavy atom. The number of carbonyl (C=O) groups excluding carboxylic acids is 2. The zero-order valence-electron chi connectivity index (χ0n) is 9.65. The maximum atomic E-state index is 11.4. The first kappa shape index (κ1) is 12.8. The molecule has 0 radical (unpaired) electrons. The molecule has 0 saturated heterocycles. The molecule has 1 aromatic rings. The Labute approximate surface area is 109 Å². The highest BCUT2D eigenvalue weighted by atomic mass is 35.5. The Bertz CT molecular complexity index is 462. The summed E-state index contributed by atoms with van der Waals surface area (Å²) in [7, 11) is 0. The summed E-state index contributed by atoms with van der Waals surface area (Å²) in [5, 5.41) is 5.88. The van der Waals surface area contributed by atoms with Gasteiger partial charge in [0.25, 0.3) is 0 Å². The predicted octanol–water partition coefficient (Wildman–Crippen LogP) is 1.02. The van der Waals surface area contributed by atoms with Gasteiger partial charge in [0.1, 0.15) is 17.3 Å². The molecule has 2 N–H and O–H groups in total. The third kappa shape index (κ3) is 3.40. The van der Waals surface area contributed by atoms with Gasteiger partial charge in [-0.2, -0.15) is 0 Å². The molecule has 0 unspecified atom stereocenters. The molecular weight excluding hydrogens is 256 g/mol. The monoisotopic (exact) mass is 268 g/mol. The fourth-order valence-electron chi connectivity index (χ4n) is 1.44. The molecule has 0 spiro atoms. The van der Waals surface area contributed by atoms with Crippen LogP contribution in [0.2, 0.25) is 5.15 Å². The molecule has 1 aromatic heterocycles. The Balaban J connectivity index is 1.83. The van der Waals surface area contributed by atoms with Gasteiger partial charge in [-0.05, 0) is 12.8 Å². The van der Waals surface area contributed by atoms with Crippen molar-refractivity contribution in [1.82, 2.24) is 15.3 Å². The fraction of sp³-hybridized carbons (Fsp3) is 0.455. The van der Waals surface area contributed by atoms with Crippen molar-refractivity contribution >= 4 is 29.6 Å². The summed E-state index contributed by atoms with van der Waals surface area (Å²) in [4.78, 5) is 29.9. The van der Waals surface area contributed by atoms with Crippen LogP contribution in [0.4, 0.5) is 5.82 Å². The van der Waals surface area contributed by atoms with Gasteiger partial charge in [0, 0.05) is 19.0 Å². The van der Waals surface area contributed by atoms with E-state index in [-0.39, 0.29) is 16.6 Å². The molecule has 6 nitrogen and oxygen atoms in total. The summed E-state index contributed by atoms with van der Waals surface area (Å²) in [6.45, 7) is 0.396. The molecule has 0 atom stereocenters. The Morgan fingerprint density at radius 3 is 2.94 bits per heavy atom. The number of hydrogen-bond donors (Lipinski definition) is 2. The van der Waals surface area contributed by atoms with Crippen LogP contribution in [0.5, 0.6) is 0 Å². The number of nitrogens with one attached hydrogen (secondary N) is 2. The quantitative estimate of drug-likeness (QED) is 0.594. The van der Waals surface area contributed by atoms with E-state index in [4.69, 9.17) is 11.6 Å². The molecule has 1 aliphatic rings. The van der Waals surface area contributed by atoms with Gasteiger partial charge in [-0.15, -0.1) is 0 Å². The van der Waals surface area contributed by atoms with Gasteiger partial charge in [-0.3, -0.25) is 9.59 Å². The number of hydrogen-bond acceptors (Lipinski definition) is 5. The second-order valence-corrected chi connectivity index (χ2v) is 4.42. The van der Waals surface area contributed by atoms with E-state index in [9.17, 15) is 9.59 Å². The molecule has 7 heteroatoms. The molecule has 1 saturated carbocycles. The maximum absolute atomic E-state index is 11.4. The van der Waals surface area contributed by atoms with Crippen molar-refractivity contribution in [2.45, 2.75) is 25.3 Å². The number of aromatic nitrogens is 2. The summed E-state index contributed by atoms with van der Waals surface area (Å²) in [5.41, 5.74) is 0.210. The molecule has 0 aliphatic heterocycles. The first-order valence-corrected chi connectivity index (χ1v) is 6.07. The number of anilines is 1. The van der Waals surface area contributed by atoms with Crippen LogP contribution >= 0.6 is 11.6 Å². The van der Waals surface area contributed by atoms with Gasteiger partial charge < -0.3 is 10.6 Å². The molecular formula is C11H13ClN4O2. The van der Waals surface area contributed by atoms with Crippen LogP contribution in [-0.2, 0) is 4.79 Å². The summed E-state index contributed by atoms with van der Waals surface area (Å²) in [6.07, 6.45) is 4.32. The summed E-state index contributed by atoms with van der Waals surface area (Å²) in [5.74, 6) is 0.349. The smallest absolute Gasteiger partial charge is 0.221 e. The second-order valence-electron chi connectivity index (χ2n) is 4.06. The van der Waals surface area contributed by atoms with E-state index in [0.29, 0.717) is 31.1 Å². The third-order valence-electron chi connectivity index (χ3n) is 2.54. The predicted molar refractivity (Wildman–Crippen MR) is 66.7 cm³/mol. The summed E-state index contributed by atoms with van der Waals surface area (Å²) in [6, 6.07) is 0.358. The summed E-state index contributed by atoms with van der Waals surface area (Å²) < 4.78 is 0. The van der Waals surface area contributed by atoms with Crippen LogP contribution in [0.1, 0.15) is 29.6 Å². The van der Waals surface area contributed by atoms with Crippen LogP contribution in [0.15, 0.2) is 6.33 Å². The van der Waals surface area contributed by atoms with E-state index < -0.39 is 0 Å². The van der Waals surface area contributed by atoms with Crippen molar-refractivity contribution in [2.75, 3.05) is 11.9 Å². The number of nitrogens with zero attached hydrogens (tertiary/aromatic N) is 2. The van der Waals surface area contributed by atoms with Crippen LogP contribution < -0.4 is 10.6 Å². The average molecular weight is 269 g/mol. The van der Waals surface area contributed by atoms with Gasteiger partial charge in [-0.25, -0.2) is 9.97 Å². The van der Waals surface area contributed by atoms with Crippen LogP contribution in [0, 0.1) is 0 Å². The first-order valence-electron chi connectivity index (χ1n) is 5.69. The molecule has 1 heterocycles. The van der Waals surface area contributed by atoms with Crippen molar-refractivity contribution in [2.24, 2.45) is 0 Å². The van der Waals surface area contributed by atoms with E-state index in [1.165, 1.54) is 6.33 Å². The zero-order valence-corrected chi connectivity index (χ0v) is 10.4. The van der Waals surface area contributed by atoms with E-state index >= 15 is 0 Å². The Kier molecular flexibility index (Phi) is 4.09. The van der Waals surface area contributed by atoms with Gasteiger partial charge in [0.2, 0.25) is 5.91 Å². The lowest BCUT2D eigenvalue weighted by molar-refractivity contribution is -0.120. The number of rotatable bonds is 6. The molecule has 1 aliphatic carbocycles. The van der Waals surface area contributed by atoms with Crippen molar-refractivity contribution in [1.29, 1.82) is 0 Å². The van der Waals surface area contributed by atoms with Crippen molar-refractivity contribution in [3.63, 3.8) is 0 Å². The van der Waals surface area contributed by atoms with Gasteiger partial charge >= 0.3 is 0 Å². The Hall–Kier alpha value is -1.69. The minimum absolute atomic E-state index is 0.00203. The van der Waals surface area contributed by atoms with Gasteiger partial charge in [-0.1, -0.05) is 11.6 Å². The molecule has 1 amide bonds. The van der Waals surface area contributed by atoms with E-state index in [0.717, 1.165) is 12.8 Å². The van der Waals surface area contributed by atoms with Crippen LogP contribution in [0.25, 0.3) is 0 Å². The van der Waals surface area contributed by atoms with Gasteiger partial charge in [0.15, 0.2) is 6.29 Å². The molecule has 18 heavy (non-hydrogen) atoms. The van der Waals surface area contributed by atoms with E-state index in [1.54, 1.807) is 0 Å². The maximum Gasteiger partial charge on any atom is 0.221 e. The normalized spacial score (nSPS) is 14.1. The molecule has 0 aromatic carbocycles. The lowest BCUT2D eigenvalue weighted by atomic mass is 10.3. The number of amides is 1. The number of carbonyl (C=O) groups is 2. The molecule has 1 fully saturated rings. The SMILES string of the molecule is O=Cc1c(Cl)ncnc1NCCC(=O)NC1CC1. The number of halogens is 1. The summed E-state index contributed by atoms with van der Waals surface area (Å²) >= 11 is 5.75. The third-order valence-corrected chi connectivity index (χ3v) is 2.84. The molecule has 2 rings (SSSR count). The average Bonchev–Trinajstić information content (AvgIpc) is 3.13. The van der Waals surface area contributed by atoms with Crippen LogP contribution in [0.3, 0.4) is 0 Å². The minimum atomic E-state index is -0.00203. The Morgan fingerprint density at radius 1 is 1.50 bits per heavy atom. The largest absolute Gasteiger partial charge is 0.369 e. The first-order chi connectivity index (χ1) is 8.70. The zero-order chi connectivity index (χ0) is 13.0. The van der Waals surface area contributed by atoms with Crippen LogP contribution in [-0.4, -0.2) is 34.7 Å². The minimum Gasteiger partial charge on any atom is -0.369 e. The molecule has 0 bridgehead atoms. The highest BCUT2D eigenvalue weighted by Gasteiger charge is 2.22. The highest BCUT2D eigenvalue weighted by molar-refractivity contribution is 6.32. The fourth-order valence-corrected chi connectivity index (χ4v) is 1.62. The topological polar surface area (TPSA) is 84.0 Å². The molecule has 96 valence electrons. The standard InChI is InChI=1S/C11H13ClN4O2/c12-10-8(5-17)11(15-6-14-10)13-4-3-9(18)16-7-1-2-7/h5-7H,1-4H2,(H,16,18)(H,13,14,15). The highest BCUT2D eigenvalue weighted by Crippen LogP contribution is 2.19. The van der Waals surface area contributed by atoms with E-state index in [2.05, 4.69) is 20.6 Å². The second kappa shape index (κ2) is 5.77. The lowest BCUT2D eigenvalue weighted by Gasteiger charge is -2.08. The van der Waals surface area contributed by atoms with Gasteiger partial charge in [0.05, 0.1) is 5.56 Å². The van der Waals surface area contributed by atoms with Crippen molar-refractivity contribution < 1.29 is 9.59 Å². The van der Waals surface area contributed by atoms with E-state index in [1.807, 2.05) is 0 Å².